The normalized spacial score (nSPS) is 15.5. The van der Waals surface area contributed by atoms with Gasteiger partial charge in [0.2, 0.25) is 0 Å². The number of nitrogens with zero attached hydrogens (tertiary/aromatic N) is 3. The molecule has 6 nitrogen and oxygen atoms in total. The standard InChI is InChI=1S/C21H21N3O3/c1-15(21(25)24-10-12-26-13-11-24)27-17-8-6-16(7-9-17)20-14-22-18-4-2-3-5-19(18)23-20/h2-9,14-15H,10-13H2,1H3/t15-/m1/s1. The van der Waals surface area contributed by atoms with Crippen LogP contribution >= 0.6 is 0 Å². The second kappa shape index (κ2) is 7.72. The molecule has 0 N–H and O–H groups in total. The maximum Gasteiger partial charge on any atom is 0.263 e. The number of carbonyl (C=O) groups excluding carboxylic acids is 1. The molecular weight excluding hydrogens is 342 g/mol. The lowest BCUT2D eigenvalue weighted by atomic mass is 10.1. The van der Waals surface area contributed by atoms with Crippen molar-refractivity contribution in [2.24, 2.45) is 0 Å². The third-order valence-corrected chi connectivity index (χ3v) is 4.58. The quantitative estimate of drug-likeness (QED) is 0.713. The van der Waals surface area contributed by atoms with E-state index >= 15 is 0 Å². The van der Waals surface area contributed by atoms with Crippen LogP contribution in [0.2, 0.25) is 0 Å². The highest BCUT2D eigenvalue weighted by Crippen LogP contribution is 2.23. The largest absolute Gasteiger partial charge is 0.481 e. The average Bonchev–Trinajstić information content (AvgIpc) is 2.74. The number of benzene rings is 2. The molecule has 0 radical (unpaired) electrons. The molecule has 0 bridgehead atoms. The van der Waals surface area contributed by atoms with E-state index in [1.54, 1.807) is 18.0 Å². The van der Waals surface area contributed by atoms with Gasteiger partial charge in [0.1, 0.15) is 5.75 Å². The van der Waals surface area contributed by atoms with Crippen molar-refractivity contribution in [2.45, 2.75) is 13.0 Å². The van der Waals surface area contributed by atoms with Crippen molar-refractivity contribution in [3.8, 4) is 17.0 Å². The van der Waals surface area contributed by atoms with Gasteiger partial charge in [-0.2, -0.15) is 0 Å². The zero-order valence-corrected chi connectivity index (χ0v) is 15.2. The summed E-state index contributed by atoms with van der Waals surface area (Å²) in [5.41, 5.74) is 3.49. The summed E-state index contributed by atoms with van der Waals surface area (Å²) in [7, 11) is 0. The van der Waals surface area contributed by atoms with Gasteiger partial charge in [0.15, 0.2) is 6.10 Å². The Morgan fingerprint density at radius 2 is 1.78 bits per heavy atom. The molecule has 2 aromatic carbocycles. The maximum atomic E-state index is 12.4. The molecule has 138 valence electrons. The number of rotatable bonds is 4. The van der Waals surface area contributed by atoms with Crippen LogP contribution in [0.4, 0.5) is 0 Å². The van der Waals surface area contributed by atoms with Crippen LogP contribution in [0, 0.1) is 0 Å². The number of ether oxygens (including phenoxy) is 2. The minimum atomic E-state index is -0.533. The summed E-state index contributed by atoms with van der Waals surface area (Å²) >= 11 is 0. The van der Waals surface area contributed by atoms with Crippen molar-refractivity contribution in [2.75, 3.05) is 26.3 Å². The molecule has 2 heterocycles. The number of carbonyl (C=O) groups is 1. The zero-order valence-electron chi connectivity index (χ0n) is 15.2. The van der Waals surface area contributed by atoms with Gasteiger partial charge >= 0.3 is 0 Å². The third kappa shape index (κ3) is 3.90. The molecule has 1 aliphatic heterocycles. The Morgan fingerprint density at radius 1 is 1.07 bits per heavy atom. The van der Waals surface area contributed by atoms with E-state index in [4.69, 9.17) is 9.47 Å². The van der Waals surface area contributed by atoms with Crippen LogP contribution in [-0.4, -0.2) is 53.2 Å². The molecule has 0 unspecified atom stereocenters. The lowest BCUT2D eigenvalue weighted by Crippen LogP contribution is -2.46. The molecule has 0 spiro atoms. The first-order valence-corrected chi connectivity index (χ1v) is 9.06. The molecule has 4 rings (SSSR count). The Labute approximate surface area is 157 Å². The Bertz CT molecular complexity index is 937. The van der Waals surface area contributed by atoms with E-state index < -0.39 is 6.10 Å². The number of amides is 1. The topological polar surface area (TPSA) is 64.6 Å². The first-order chi connectivity index (χ1) is 13.2. The van der Waals surface area contributed by atoms with E-state index in [9.17, 15) is 4.79 Å². The molecule has 1 aliphatic rings. The molecule has 0 aliphatic carbocycles. The second-order valence-corrected chi connectivity index (χ2v) is 6.47. The SMILES string of the molecule is C[C@@H](Oc1ccc(-c2cnc3ccccc3n2)cc1)C(=O)N1CCOCC1. The third-order valence-electron chi connectivity index (χ3n) is 4.58. The molecule has 0 saturated carbocycles. The van der Waals surface area contributed by atoms with Crippen molar-refractivity contribution in [1.29, 1.82) is 0 Å². The molecule has 3 aromatic rings. The first kappa shape index (κ1) is 17.4. The number of para-hydroxylation sites is 2. The van der Waals surface area contributed by atoms with Gasteiger partial charge in [-0.25, -0.2) is 4.98 Å². The average molecular weight is 363 g/mol. The highest BCUT2D eigenvalue weighted by molar-refractivity contribution is 5.81. The molecule has 1 fully saturated rings. The van der Waals surface area contributed by atoms with E-state index in [-0.39, 0.29) is 5.91 Å². The fourth-order valence-corrected chi connectivity index (χ4v) is 3.10. The summed E-state index contributed by atoms with van der Waals surface area (Å²) < 4.78 is 11.1. The molecule has 27 heavy (non-hydrogen) atoms. The zero-order chi connectivity index (χ0) is 18.6. The van der Waals surface area contributed by atoms with Crippen molar-refractivity contribution >= 4 is 16.9 Å². The first-order valence-electron chi connectivity index (χ1n) is 9.06. The number of hydrogen-bond acceptors (Lipinski definition) is 5. The number of hydrogen-bond donors (Lipinski definition) is 0. The van der Waals surface area contributed by atoms with Crippen LogP contribution in [0.5, 0.6) is 5.75 Å². The van der Waals surface area contributed by atoms with Gasteiger partial charge < -0.3 is 14.4 Å². The predicted octanol–water partition coefficient (Wildman–Crippen LogP) is 2.92. The van der Waals surface area contributed by atoms with Gasteiger partial charge in [0.25, 0.3) is 5.91 Å². The minimum absolute atomic E-state index is 0.0113. The summed E-state index contributed by atoms with van der Waals surface area (Å²) in [6.45, 7) is 4.18. The smallest absolute Gasteiger partial charge is 0.263 e. The van der Waals surface area contributed by atoms with Gasteiger partial charge in [-0.3, -0.25) is 9.78 Å². The Kier molecular flexibility index (Phi) is 4.98. The van der Waals surface area contributed by atoms with Crippen LogP contribution in [-0.2, 0) is 9.53 Å². The summed E-state index contributed by atoms with van der Waals surface area (Å²) in [5, 5.41) is 0. The molecule has 6 heteroatoms. The van der Waals surface area contributed by atoms with Gasteiger partial charge in [0, 0.05) is 18.7 Å². The highest BCUT2D eigenvalue weighted by Gasteiger charge is 2.23. The summed E-state index contributed by atoms with van der Waals surface area (Å²) in [5.74, 6) is 0.643. The number of aromatic nitrogens is 2. The molecule has 1 aromatic heterocycles. The number of fused-ring (bicyclic) bond motifs is 1. The van der Waals surface area contributed by atoms with E-state index in [0.29, 0.717) is 32.1 Å². The monoisotopic (exact) mass is 363 g/mol. The maximum absolute atomic E-state index is 12.4. The van der Waals surface area contributed by atoms with Crippen molar-refractivity contribution < 1.29 is 14.3 Å². The second-order valence-electron chi connectivity index (χ2n) is 6.47. The fourth-order valence-electron chi connectivity index (χ4n) is 3.10. The molecule has 1 amide bonds. The number of morpholine rings is 1. The van der Waals surface area contributed by atoms with E-state index in [2.05, 4.69) is 9.97 Å². The summed E-state index contributed by atoms with van der Waals surface area (Å²) in [4.78, 5) is 23.3. The molecule has 1 atom stereocenters. The lowest BCUT2D eigenvalue weighted by molar-refractivity contribution is -0.142. The van der Waals surface area contributed by atoms with Crippen molar-refractivity contribution in [3.63, 3.8) is 0 Å². The Balaban J connectivity index is 1.45. The molecule has 1 saturated heterocycles. The van der Waals surface area contributed by atoms with Crippen LogP contribution in [0.25, 0.3) is 22.3 Å². The highest BCUT2D eigenvalue weighted by atomic mass is 16.5. The van der Waals surface area contributed by atoms with E-state index in [1.807, 2.05) is 48.5 Å². The van der Waals surface area contributed by atoms with Gasteiger partial charge in [-0.15, -0.1) is 0 Å². The minimum Gasteiger partial charge on any atom is -0.481 e. The van der Waals surface area contributed by atoms with Crippen molar-refractivity contribution in [1.82, 2.24) is 14.9 Å². The van der Waals surface area contributed by atoms with Gasteiger partial charge in [0.05, 0.1) is 36.1 Å². The Hall–Kier alpha value is -2.99. The lowest BCUT2D eigenvalue weighted by Gasteiger charge is -2.29. The van der Waals surface area contributed by atoms with Crippen LogP contribution in [0.1, 0.15) is 6.92 Å². The predicted molar refractivity (Wildman–Crippen MR) is 102 cm³/mol. The summed E-state index contributed by atoms with van der Waals surface area (Å²) in [6.07, 6.45) is 1.23. The Morgan fingerprint density at radius 3 is 2.52 bits per heavy atom. The van der Waals surface area contributed by atoms with Crippen LogP contribution < -0.4 is 4.74 Å². The molecular formula is C21H21N3O3. The van der Waals surface area contributed by atoms with Gasteiger partial charge in [-0.1, -0.05) is 12.1 Å². The van der Waals surface area contributed by atoms with Crippen molar-refractivity contribution in [3.05, 3.63) is 54.7 Å². The van der Waals surface area contributed by atoms with Gasteiger partial charge in [-0.05, 0) is 43.3 Å². The van der Waals surface area contributed by atoms with E-state index in [1.165, 1.54) is 0 Å². The van der Waals surface area contributed by atoms with Crippen LogP contribution in [0.3, 0.4) is 0 Å². The summed E-state index contributed by atoms with van der Waals surface area (Å²) in [6, 6.07) is 15.4. The fraction of sp³-hybridized carbons (Fsp3) is 0.286. The van der Waals surface area contributed by atoms with E-state index in [0.717, 1.165) is 22.3 Å². The van der Waals surface area contributed by atoms with Crippen LogP contribution in [0.15, 0.2) is 54.7 Å².